The van der Waals surface area contributed by atoms with Crippen LogP contribution in [0.4, 0.5) is 5.82 Å². The number of thioether (sulfide) groups is 1. The molecule has 0 fully saturated rings. The van der Waals surface area contributed by atoms with E-state index in [0.717, 1.165) is 10.6 Å². The number of rotatable bonds is 6. The lowest BCUT2D eigenvalue weighted by Gasteiger charge is -2.09. The van der Waals surface area contributed by atoms with Crippen molar-refractivity contribution in [2.75, 3.05) is 11.1 Å². The van der Waals surface area contributed by atoms with Crippen molar-refractivity contribution >= 4 is 35.1 Å². The third-order valence-corrected chi connectivity index (χ3v) is 4.37. The molecule has 7 heteroatoms. The molecule has 0 radical (unpaired) electrons. The predicted molar refractivity (Wildman–Crippen MR) is 96.4 cm³/mol. The monoisotopic (exact) mass is 358 g/mol. The number of benzene rings is 1. The van der Waals surface area contributed by atoms with Gasteiger partial charge in [0, 0.05) is 17.3 Å². The summed E-state index contributed by atoms with van der Waals surface area (Å²) in [6.07, 6.45) is 3.37. The van der Waals surface area contributed by atoms with Crippen LogP contribution in [0.5, 0.6) is 0 Å². The van der Waals surface area contributed by atoms with E-state index in [-0.39, 0.29) is 5.91 Å². The fraction of sp³-hybridized carbons (Fsp3) is 0.118. The SMILES string of the molecule is O=C(CSc1ccccn1)Nc1ccnn1Cc1cccc(Cl)c1. The number of halogens is 1. The Kier molecular flexibility index (Phi) is 5.51. The largest absolute Gasteiger partial charge is 0.310 e. The molecule has 0 saturated heterocycles. The van der Waals surface area contributed by atoms with E-state index >= 15 is 0 Å². The zero-order chi connectivity index (χ0) is 16.8. The molecule has 2 aromatic heterocycles. The van der Waals surface area contributed by atoms with Crippen molar-refractivity contribution in [1.29, 1.82) is 0 Å². The number of anilines is 1. The number of hydrogen-bond donors (Lipinski definition) is 1. The van der Waals surface area contributed by atoms with E-state index in [1.807, 2.05) is 42.5 Å². The van der Waals surface area contributed by atoms with Gasteiger partial charge < -0.3 is 5.32 Å². The quantitative estimate of drug-likeness (QED) is 0.682. The van der Waals surface area contributed by atoms with E-state index in [1.165, 1.54) is 11.8 Å². The molecule has 1 aromatic carbocycles. The Labute approximate surface area is 149 Å². The molecular weight excluding hydrogens is 344 g/mol. The van der Waals surface area contributed by atoms with Crippen LogP contribution in [-0.2, 0) is 11.3 Å². The van der Waals surface area contributed by atoms with Gasteiger partial charge in [-0.1, -0.05) is 41.6 Å². The zero-order valence-electron chi connectivity index (χ0n) is 12.7. The second kappa shape index (κ2) is 7.99. The van der Waals surface area contributed by atoms with Crippen molar-refractivity contribution < 1.29 is 4.79 Å². The maximum absolute atomic E-state index is 12.1. The van der Waals surface area contributed by atoms with Crippen LogP contribution in [0, 0.1) is 0 Å². The lowest BCUT2D eigenvalue weighted by molar-refractivity contribution is -0.113. The average molecular weight is 359 g/mol. The van der Waals surface area contributed by atoms with Gasteiger partial charge in [0.25, 0.3) is 0 Å². The molecule has 0 aliphatic heterocycles. The molecule has 0 spiro atoms. The molecule has 2 heterocycles. The smallest absolute Gasteiger partial charge is 0.235 e. The molecule has 122 valence electrons. The third kappa shape index (κ3) is 4.59. The van der Waals surface area contributed by atoms with Gasteiger partial charge in [-0.15, -0.1) is 0 Å². The first-order valence-electron chi connectivity index (χ1n) is 7.30. The number of amides is 1. The van der Waals surface area contributed by atoms with Crippen molar-refractivity contribution in [3.63, 3.8) is 0 Å². The van der Waals surface area contributed by atoms with Crippen LogP contribution in [0.3, 0.4) is 0 Å². The summed E-state index contributed by atoms with van der Waals surface area (Å²) in [4.78, 5) is 16.3. The molecule has 3 rings (SSSR count). The molecule has 0 aliphatic rings. The summed E-state index contributed by atoms with van der Waals surface area (Å²) in [7, 11) is 0. The van der Waals surface area contributed by atoms with E-state index in [2.05, 4.69) is 15.4 Å². The second-order valence-corrected chi connectivity index (χ2v) is 6.44. The van der Waals surface area contributed by atoms with Gasteiger partial charge >= 0.3 is 0 Å². The molecular formula is C17H15ClN4OS. The van der Waals surface area contributed by atoms with E-state index in [9.17, 15) is 4.79 Å². The van der Waals surface area contributed by atoms with E-state index in [0.29, 0.717) is 23.1 Å². The molecule has 0 bridgehead atoms. The van der Waals surface area contributed by atoms with Gasteiger partial charge in [-0.05, 0) is 29.8 Å². The molecule has 0 unspecified atom stereocenters. The van der Waals surface area contributed by atoms with Gasteiger partial charge in [-0.2, -0.15) is 5.10 Å². The summed E-state index contributed by atoms with van der Waals surface area (Å²) in [5, 5.41) is 8.63. The van der Waals surface area contributed by atoms with Gasteiger partial charge in [0.1, 0.15) is 5.82 Å². The summed E-state index contributed by atoms with van der Waals surface area (Å²) in [6, 6.07) is 15.0. The van der Waals surface area contributed by atoms with E-state index in [1.54, 1.807) is 23.1 Å². The van der Waals surface area contributed by atoms with Crippen molar-refractivity contribution in [2.24, 2.45) is 0 Å². The van der Waals surface area contributed by atoms with Crippen molar-refractivity contribution in [3.05, 3.63) is 71.5 Å². The second-order valence-electron chi connectivity index (χ2n) is 5.01. The third-order valence-electron chi connectivity index (χ3n) is 3.19. The molecule has 24 heavy (non-hydrogen) atoms. The number of carbonyl (C=O) groups is 1. The van der Waals surface area contributed by atoms with Crippen LogP contribution in [0.15, 0.2) is 66.0 Å². The molecule has 5 nitrogen and oxygen atoms in total. The average Bonchev–Trinajstić information content (AvgIpc) is 3.01. The van der Waals surface area contributed by atoms with Crippen LogP contribution in [0.2, 0.25) is 5.02 Å². The van der Waals surface area contributed by atoms with Crippen molar-refractivity contribution in [2.45, 2.75) is 11.6 Å². The first-order chi connectivity index (χ1) is 11.7. The fourth-order valence-electron chi connectivity index (χ4n) is 2.12. The minimum absolute atomic E-state index is 0.0986. The lowest BCUT2D eigenvalue weighted by atomic mass is 10.2. The van der Waals surface area contributed by atoms with Crippen LogP contribution in [0.25, 0.3) is 0 Å². The number of aromatic nitrogens is 3. The highest BCUT2D eigenvalue weighted by molar-refractivity contribution is 7.99. The first-order valence-corrected chi connectivity index (χ1v) is 8.67. The van der Waals surface area contributed by atoms with Crippen molar-refractivity contribution in [1.82, 2.24) is 14.8 Å². The minimum Gasteiger partial charge on any atom is -0.310 e. The summed E-state index contributed by atoms with van der Waals surface area (Å²) < 4.78 is 1.73. The Morgan fingerprint density at radius 1 is 1.17 bits per heavy atom. The van der Waals surface area contributed by atoms with Crippen LogP contribution < -0.4 is 5.32 Å². The number of carbonyl (C=O) groups excluding carboxylic acids is 1. The Morgan fingerprint density at radius 3 is 2.88 bits per heavy atom. The maximum Gasteiger partial charge on any atom is 0.235 e. The molecule has 0 atom stereocenters. The summed E-state index contributed by atoms with van der Waals surface area (Å²) >= 11 is 7.39. The molecule has 3 aromatic rings. The van der Waals surface area contributed by atoms with Gasteiger partial charge in [0.05, 0.1) is 23.5 Å². The summed E-state index contributed by atoms with van der Waals surface area (Å²) in [5.74, 6) is 0.847. The zero-order valence-corrected chi connectivity index (χ0v) is 14.3. The number of hydrogen-bond acceptors (Lipinski definition) is 4. The molecule has 0 saturated carbocycles. The first kappa shape index (κ1) is 16.5. The molecule has 0 aliphatic carbocycles. The fourth-order valence-corrected chi connectivity index (χ4v) is 3.00. The van der Waals surface area contributed by atoms with Crippen LogP contribution in [-0.4, -0.2) is 26.4 Å². The number of pyridine rings is 1. The van der Waals surface area contributed by atoms with E-state index < -0.39 is 0 Å². The van der Waals surface area contributed by atoms with Crippen molar-refractivity contribution in [3.8, 4) is 0 Å². The van der Waals surface area contributed by atoms with Gasteiger partial charge in [-0.25, -0.2) is 9.67 Å². The summed E-state index contributed by atoms with van der Waals surface area (Å²) in [6.45, 7) is 0.538. The lowest BCUT2D eigenvalue weighted by Crippen LogP contribution is -2.17. The minimum atomic E-state index is -0.0986. The molecule has 1 N–H and O–H groups in total. The normalized spacial score (nSPS) is 10.5. The summed E-state index contributed by atoms with van der Waals surface area (Å²) in [5.41, 5.74) is 1.02. The standard InChI is InChI=1S/C17H15ClN4OS/c18-14-5-3-4-13(10-14)11-22-15(7-9-20-22)21-16(23)12-24-17-6-1-2-8-19-17/h1-10H,11-12H2,(H,21,23). The van der Waals surface area contributed by atoms with Crippen LogP contribution in [0.1, 0.15) is 5.56 Å². The number of nitrogens with one attached hydrogen (secondary N) is 1. The van der Waals surface area contributed by atoms with Gasteiger partial charge in [0.15, 0.2) is 0 Å². The highest BCUT2D eigenvalue weighted by Gasteiger charge is 2.09. The number of nitrogens with zero attached hydrogens (tertiary/aromatic N) is 3. The Bertz CT molecular complexity index is 822. The Morgan fingerprint density at radius 2 is 2.08 bits per heavy atom. The van der Waals surface area contributed by atoms with Crippen LogP contribution >= 0.6 is 23.4 Å². The maximum atomic E-state index is 12.1. The van der Waals surface area contributed by atoms with Gasteiger partial charge in [-0.3, -0.25) is 4.79 Å². The molecule has 1 amide bonds. The topological polar surface area (TPSA) is 59.8 Å². The Hall–Kier alpha value is -2.31. The highest BCUT2D eigenvalue weighted by atomic mass is 35.5. The Balaban J connectivity index is 1.59. The predicted octanol–water partition coefficient (Wildman–Crippen LogP) is 3.71. The van der Waals surface area contributed by atoms with Gasteiger partial charge in [0.2, 0.25) is 5.91 Å². The van der Waals surface area contributed by atoms with E-state index in [4.69, 9.17) is 11.6 Å². The highest BCUT2D eigenvalue weighted by Crippen LogP contribution is 2.16.